The number of unbranched alkanes of at least 4 members (excludes halogenated alkanes) is 3. The van der Waals surface area contributed by atoms with E-state index < -0.39 is 20.0 Å². The molecule has 0 bridgehead atoms. The fourth-order valence-corrected chi connectivity index (χ4v) is 6.12. The summed E-state index contributed by atoms with van der Waals surface area (Å²) >= 11 is 6.13. The summed E-state index contributed by atoms with van der Waals surface area (Å²) in [5.74, 6) is 0. The molecule has 4 rings (SSSR count). The van der Waals surface area contributed by atoms with Crippen molar-refractivity contribution in [1.82, 2.24) is 4.72 Å². The highest BCUT2D eigenvalue weighted by atomic mass is 35.5. The van der Waals surface area contributed by atoms with Crippen LogP contribution in [0, 0.1) is 0 Å². The van der Waals surface area contributed by atoms with Gasteiger partial charge in [0.25, 0.3) is 0 Å². The molecule has 0 radical (unpaired) electrons. The van der Waals surface area contributed by atoms with Crippen LogP contribution in [-0.2, 0) is 20.0 Å². The van der Waals surface area contributed by atoms with E-state index in [9.17, 15) is 16.8 Å². The Morgan fingerprint density at radius 3 is 2.00 bits per heavy atom. The van der Waals surface area contributed by atoms with Gasteiger partial charge in [-0.15, -0.1) is 0 Å². The summed E-state index contributed by atoms with van der Waals surface area (Å²) in [7, 11) is -7.16. The fourth-order valence-electron chi connectivity index (χ4n) is 3.83. The molecule has 0 amide bonds. The monoisotopic (exact) mass is 547 g/mol. The number of benzene rings is 4. The largest absolute Gasteiger partial charge is 0.330 e. The molecular weight excluding hydrogens is 518 g/mol. The summed E-state index contributed by atoms with van der Waals surface area (Å²) < 4.78 is 50.1. The van der Waals surface area contributed by atoms with Gasteiger partial charge in [0.2, 0.25) is 20.0 Å². The van der Waals surface area contributed by atoms with E-state index in [2.05, 4.69) is 4.72 Å². The Morgan fingerprint density at radius 2 is 1.25 bits per heavy atom. The zero-order valence-corrected chi connectivity index (χ0v) is 22.1. The molecule has 0 saturated carbocycles. The van der Waals surface area contributed by atoms with E-state index in [1.165, 1.54) is 6.07 Å². The number of sulfonamides is 2. The molecule has 0 spiro atoms. The maximum atomic E-state index is 12.5. The molecule has 0 saturated heterocycles. The van der Waals surface area contributed by atoms with Crippen molar-refractivity contribution in [3.63, 3.8) is 0 Å². The zero-order chi connectivity index (χ0) is 26.2. The lowest BCUT2D eigenvalue weighted by atomic mass is 10.1. The minimum Gasteiger partial charge on any atom is -0.330 e. The number of rotatable bonds is 9. The Balaban J connectivity index is 0.000000221. The minimum absolute atomic E-state index is 0.176. The van der Waals surface area contributed by atoms with Crippen LogP contribution in [0.5, 0.6) is 0 Å². The first-order valence-electron chi connectivity index (χ1n) is 11.5. The normalized spacial score (nSPS) is 11.9. The lowest BCUT2D eigenvalue weighted by Crippen LogP contribution is -2.25. The SMILES string of the molecule is NCCCCCCNS(=O)(=O)c1cccc2c(Cl)cccc12.NS(=O)(=O)c1cccc2ccccc12. The number of halogens is 1. The van der Waals surface area contributed by atoms with Gasteiger partial charge in [0.05, 0.1) is 9.79 Å². The van der Waals surface area contributed by atoms with Crippen LogP contribution in [0.25, 0.3) is 21.5 Å². The van der Waals surface area contributed by atoms with Crippen LogP contribution in [0.4, 0.5) is 0 Å². The third-order valence-corrected chi connectivity index (χ3v) is 8.42. The predicted molar refractivity (Wildman–Crippen MR) is 147 cm³/mol. The van der Waals surface area contributed by atoms with Crippen LogP contribution in [-0.4, -0.2) is 29.9 Å². The summed E-state index contributed by atoms with van der Waals surface area (Å²) in [6, 6.07) is 22.7. The summed E-state index contributed by atoms with van der Waals surface area (Å²) in [4.78, 5) is 0.449. The molecule has 0 aromatic heterocycles. The van der Waals surface area contributed by atoms with Gasteiger partial charge in [-0.05, 0) is 43.0 Å². The molecular formula is C26H30ClN3O4S2. The Morgan fingerprint density at radius 1 is 0.667 bits per heavy atom. The molecule has 36 heavy (non-hydrogen) atoms. The van der Waals surface area contributed by atoms with Crippen molar-refractivity contribution >= 4 is 53.2 Å². The molecule has 0 aliphatic heterocycles. The lowest BCUT2D eigenvalue weighted by molar-refractivity contribution is 0.573. The minimum atomic E-state index is -3.63. The van der Waals surface area contributed by atoms with Crippen LogP contribution < -0.4 is 15.6 Å². The van der Waals surface area contributed by atoms with E-state index in [1.54, 1.807) is 48.5 Å². The maximum Gasteiger partial charge on any atom is 0.241 e. The summed E-state index contributed by atoms with van der Waals surface area (Å²) in [6.45, 7) is 1.12. The number of hydrogen-bond donors (Lipinski definition) is 3. The van der Waals surface area contributed by atoms with Gasteiger partial charge < -0.3 is 5.73 Å². The van der Waals surface area contributed by atoms with Gasteiger partial charge in [0.15, 0.2) is 0 Å². The molecule has 0 unspecified atom stereocenters. The van der Waals surface area contributed by atoms with Gasteiger partial charge in [-0.3, -0.25) is 0 Å². The Bertz CT molecular complexity index is 1540. The van der Waals surface area contributed by atoms with Crippen molar-refractivity contribution < 1.29 is 16.8 Å². The van der Waals surface area contributed by atoms with Crippen molar-refractivity contribution in [2.24, 2.45) is 10.9 Å². The molecule has 0 heterocycles. The second-order valence-corrected chi connectivity index (χ2v) is 11.9. The van der Waals surface area contributed by atoms with Crippen LogP contribution in [0.2, 0.25) is 5.02 Å². The number of nitrogens with two attached hydrogens (primary N) is 2. The van der Waals surface area contributed by atoms with Gasteiger partial charge in [0, 0.05) is 27.7 Å². The highest BCUT2D eigenvalue weighted by Crippen LogP contribution is 2.28. The third-order valence-electron chi connectivity index (χ3n) is 5.60. The van der Waals surface area contributed by atoms with Crippen molar-refractivity contribution in [3.05, 3.63) is 83.9 Å². The predicted octanol–water partition coefficient (Wildman–Crippen LogP) is 4.78. The van der Waals surface area contributed by atoms with E-state index in [0.717, 1.165) is 36.5 Å². The highest BCUT2D eigenvalue weighted by molar-refractivity contribution is 7.89. The molecule has 7 nitrogen and oxygen atoms in total. The molecule has 0 fully saturated rings. The van der Waals surface area contributed by atoms with Crippen LogP contribution >= 0.6 is 11.6 Å². The average Bonchev–Trinajstić information content (AvgIpc) is 2.85. The maximum absolute atomic E-state index is 12.5. The van der Waals surface area contributed by atoms with Crippen molar-refractivity contribution in [2.75, 3.05) is 13.1 Å². The Labute approximate surface area is 217 Å². The Hall–Kier alpha value is -2.53. The second kappa shape index (κ2) is 12.6. The van der Waals surface area contributed by atoms with E-state index in [0.29, 0.717) is 28.9 Å². The van der Waals surface area contributed by atoms with Gasteiger partial charge in [-0.2, -0.15) is 0 Å². The van der Waals surface area contributed by atoms with E-state index in [4.69, 9.17) is 22.5 Å². The van der Waals surface area contributed by atoms with Gasteiger partial charge in [-0.1, -0.05) is 85.1 Å². The zero-order valence-electron chi connectivity index (χ0n) is 19.7. The topological polar surface area (TPSA) is 132 Å². The van der Waals surface area contributed by atoms with Crippen LogP contribution in [0.3, 0.4) is 0 Å². The summed E-state index contributed by atoms with van der Waals surface area (Å²) in [6.07, 6.45) is 3.79. The van der Waals surface area contributed by atoms with Crippen molar-refractivity contribution in [3.8, 4) is 0 Å². The second-order valence-electron chi connectivity index (χ2n) is 8.21. The third kappa shape index (κ3) is 7.25. The van der Waals surface area contributed by atoms with E-state index >= 15 is 0 Å². The Kier molecular flexibility index (Phi) is 9.84. The fraction of sp³-hybridized carbons (Fsp3) is 0.231. The standard InChI is InChI=1S/C16H21ClN2O2S.C10H9NO2S/c17-15-9-5-8-14-13(15)7-6-10-16(14)22(20,21)19-12-4-2-1-3-11-18;11-14(12,13)10-7-3-5-8-4-1-2-6-9(8)10/h5-10,19H,1-4,11-12,18H2;1-7H,(H2,11,12,13). The lowest BCUT2D eigenvalue weighted by Gasteiger charge is -2.10. The molecule has 0 atom stereocenters. The molecule has 5 N–H and O–H groups in total. The quantitative estimate of drug-likeness (QED) is 0.259. The molecule has 10 heteroatoms. The van der Waals surface area contributed by atoms with Gasteiger partial charge in [0.1, 0.15) is 0 Å². The highest BCUT2D eigenvalue weighted by Gasteiger charge is 2.17. The van der Waals surface area contributed by atoms with E-state index in [1.807, 2.05) is 24.3 Å². The molecule has 4 aromatic rings. The summed E-state index contributed by atoms with van der Waals surface area (Å²) in [5, 5.41) is 8.58. The molecule has 4 aromatic carbocycles. The smallest absolute Gasteiger partial charge is 0.241 e. The van der Waals surface area contributed by atoms with Crippen LogP contribution in [0.1, 0.15) is 25.7 Å². The van der Waals surface area contributed by atoms with E-state index in [-0.39, 0.29) is 9.79 Å². The van der Waals surface area contributed by atoms with Crippen molar-refractivity contribution in [1.29, 1.82) is 0 Å². The first kappa shape index (κ1) is 28.0. The number of hydrogen-bond acceptors (Lipinski definition) is 5. The van der Waals surface area contributed by atoms with Crippen molar-refractivity contribution in [2.45, 2.75) is 35.5 Å². The summed E-state index contributed by atoms with van der Waals surface area (Å²) in [5.41, 5.74) is 5.43. The number of primary sulfonamides is 1. The van der Waals surface area contributed by atoms with Crippen LogP contribution in [0.15, 0.2) is 88.7 Å². The molecule has 192 valence electrons. The molecule has 0 aliphatic rings. The first-order chi connectivity index (χ1) is 17.1. The van der Waals surface area contributed by atoms with Gasteiger partial charge >= 0.3 is 0 Å². The van der Waals surface area contributed by atoms with Gasteiger partial charge in [-0.25, -0.2) is 26.7 Å². The number of fused-ring (bicyclic) bond motifs is 2. The number of nitrogens with one attached hydrogen (secondary N) is 1. The average molecular weight is 548 g/mol. The molecule has 0 aliphatic carbocycles. The first-order valence-corrected chi connectivity index (χ1v) is 14.9.